The first-order valence-electron chi connectivity index (χ1n) is 13.1. The third kappa shape index (κ3) is 7.53. The maximum absolute atomic E-state index is 13.7. The number of halogens is 1. The molecule has 3 aromatic carbocycles. The minimum atomic E-state index is -4.05. The van der Waals surface area contributed by atoms with Gasteiger partial charge in [0.15, 0.2) is 9.84 Å². The number of carbonyl (C=O) groups excluding carboxylic acids is 2. The van der Waals surface area contributed by atoms with E-state index in [1.807, 2.05) is 0 Å². The highest BCUT2D eigenvalue weighted by molar-refractivity contribution is 7.90. The number of sulfonamides is 1. The van der Waals surface area contributed by atoms with Gasteiger partial charge in [-0.2, -0.15) is 4.31 Å². The Morgan fingerprint density at radius 1 is 0.951 bits per heavy atom. The van der Waals surface area contributed by atoms with Gasteiger partial charge >= 0.3 is 0 Å². The molecular formula is C29H32ClN3O6S2. The molecule has 0 radical (unpaired) electrons. The Hall–Kier alpha value is -3.25. The van der Waals surface area contributed by atoms with Crippen LogP contribution in [-0.2, 0) is 31.2 Å². The molecule has 1 heterocycles. The Labute approximate surface area is 245 Å². The Kier molecular flexibility index (Phi) is 9.53. The summed E-state index contributed by atoms with van der Waals surface area (Å²) in [6.07, 6.45) is 2.99. The molecule has 1 fully saturated rings. The Bertz CT molecular complexity index is 1610. The van der Waals surface area contributed by atoms with E-state index >= 15 is 0 Å². The van der Waals surface area contributed by atoms with E-state index < -0.39 is 25.9 Å². The van der Waals surface area contributed by atoms with Gasteiger partial charge in [0.25, 0.3) is 5.91 Å². The Morgan fingerprint density at radius 3 is 2.17 bits per heavy atom. The van der Waals surface area contributed by atoms with E-state index in [9.17, 15) is 26.4 Å². The maximum Gasteiger partial charge on any atom is 0.251 e. The van der Waals surface area contributed by atoms with Gasteiger partial charge in [-0.1, -0.05) is 35.9 Å². The van der Waals surface area contributed by atoms with Crippen LogP contribution in [0.4, 0.5) is 0 Å². The van der Waals surface area contributed by atoms with Gasteiger partial charge in [-0.15, -0.1) is 0 Å². The average molecular weight is 618 g/mol. The van der Waals surface area contributed by atoms with Crippen molar-refractivity contribution >= 4 is 43.3 Å². The number of benzene rings is 3. The van der Waals surface area contributed by atoms with Gasteiger partial charge in [-0.3, -0.25) is 9.59 Å². The fourth-order valence-corrected chi connectivity index (χ4v) is 6.97. The third-order valence-electron chi connectivity index (χ3n) is 6.98. The summed E-state index contributed by atoms with van der Waals surface area (Å²) in [4.78, 5) is 26.0. The molecule has 0 bridgehead atoms. The van der Waals surface area contributed by atoms with Crippen LogP contribution in [0.15, 0.2) is 82.6 Å². The lowest BCUT2D eigenvalue weighted by Gasteiger charge is -2.29. The van der Waals surface area contributed by atoms with Crippen LogP contribution in [0.25, 0.3) is 0 Å². The SMILES string of the molecule is CC(NC(=O)c1ccc(CN([C@@H]2CCCCNC2=O)S(=O)(=O)c2ccc(Cl)cc2)cc1)c1ccc(S(C)(=O)=O)cc1. The number of hydrogen-bond acceptors (Lipinski definition) is 6. The van der Waals surface area contributed by atoms with E-state index in [0.29, 0.717) is 35.5 Å². The molecule has 12 heteroatoms. The summed E-state index contributed by atoms with van der Waals surface area (Å²) in [5.41, 5.74) is 1.72. The van der Waals surface area contributed by atoms with Crippen LogP contribution < -0.4 is 10.6 Å². The first-order chi connectivity index (χ1) is 19.4. The van der Waals surface area contributed by atoms with E-state index in [1.54, 1.807) is 43.3 Å². The van der Waals surface area contributed by atoms with Crippen LogP contribution in [0, 0.1) is 0 Å². The van der Waals surface area contributed by atoms with E-state index in [4.69, 9.17) is 11.6 Å². The summed E-state index contributed by atoms with van der Waals surface area (Å²) in [7, 11) is -7.37. The van der Waals surface area contributed by atoms with Gasteiger partial charge in [0.1, 0.15) is 6.04 Å². The van der Waals surface area contributed by atoms with E-state index in [1.165, 1.54) is 40.7 Å². The third-order valence-corrected chi connectivity index (χ3v) is 10.2. The summed E-state index contributed by atoms with van der Waals surface area (Å²) >= 11 is 5.97. The summed E-state index contributed by atoms with van der Waals surface area (Å²) in [5.74, 6) is -0.681. The first-order valence-corrected chi connectivity index (χ1v) is 16.8. The number of rotatable bonds is 9. The van der Waals surface area contributed by atoms with Crippen molar-refractivity contribution < 1.29 is 26.4 Å². The molecule has 41 heavy (non-hydrogen) atoms. The fraction of sp³-hybridized carbons (Fsp3) is 0.310. The van der Waals surface area contributed by atoms with Crippen molar-refractivity contribution in [2.75, 3.05) is 12.8 Å². The van der Waals surface area contributed by atoms with Crippen LogP contribution >= 0.6 is 11.6 Å². The molecule has 218 valence electrons. The highest BCUT2D eigenvalue weighted by Gasteiger charge is 2.36. The van der Waals surface area contributed by atoms with Crippen LogP contribution in [-0.4, -0.2) is 51.8 Å². The predicted octanol–water partition coefficient (Wildman–Crippen LogP) is 4.09. The second-order valence-electron chi connectivity index (χ2n) is 10.0. The highest BCUT2D eigenvalue weighted by Crippen LogP contribution is 2.26. The number of nitrogens with zero attached hydrogens (tertiary/aromatic N) is 1. The molecule has 0 saturated carbocycles. The normalized spacial score (nSPS) is 17.0. The summed E-state index contributed by atoms with van der Waals surface area (Å²) < 4.78 is 52.1. The first kappa shape index (κ1) is 30.7. The van der Waals surface area contributed by atoms with Gasteiger partial charge in [-0.25, -0.2) is 16.8 Å². The molecule has 2 atom stereocenters. The lowest BCUT2D eigenvalue weighted by atomic mass is 10.1. The van der Waals surface area contributed by atoms with Crippen molar-refractivity contribution in [2.45, 2.75) is 54.6 Å². The number of amides is 2. The van der Waals surface area contributed by atoms with Crippen LogP contribution in [0.3, 0.4) is 0 Å². The van der Waals surface area contributed by atoms with Crippen molar-refractivity contribution in [3.63, 3.8) is 0 Å². The van der Waals surface area contributed by atoms with Crippen molar-refractivity contribution in [2.24, 2.45) is 0 Å². The van der Waals surface area contributed by atoms with Crippen molar-refractivity contribution in [3.8, 4) is 0 Å². The lowest BCUT2D eigenvalue weighted by Crippen LogP contribution is -2.48. The number of nitrogens with one attached hydrogen (secondary N) is 2. The quantitative estimate of drug-likeness (QED) is 0.372. The summed E-state index contributed by atoms with van der Waals surface area (Å²) in [6, 6.07) is 17.4. The minimum absolute atomic E-state index is 0.0356. The zero-order valence-corrected chi connectivity index (χ0v) is 25.1. The molecule has 1 aliphatic heterocycles. The molecule has 4 rings (SSSR count). The summed E-state index contributed by atoms with van der Waals surface area (Å²) in [6.45, 7) is 2.22. The topological polar surface area (TPSA) is 130 Å². The van der Waals surface area contributed by atoms with Gasteiger partial charge < -0.3 is 10.6 Å². The average Bonchev–Trinajstić information content (AvgIpc) is 3.15. The standard InChI is InChI=1S/C29H32ClN3O6S2/c1-20(22-10-14-25(15-11-22)40(2,36)37)32-28(34)23-8-6-21(7-9-23)19-33(27-5-3-4-18-31-29(27)35)41(38,39)26-16-12-24(30)13-17-26/h6-17,20,27H,3-5,18-19H2,1-2H3,(H,31,35)(H,32,34)/t20?,27-/m1/s1. The molecule has 1 aliphatic rings. The molecule has 3 aromatic rings. The van der Waals surface area contributed by atoms with Crippen LogP contribution in [0.2, 0.25) is 5.02 Å². The van der Waals surface area contributed by atoms with E-state index in [-0.39, 0.29) is 34.2 Å². The molecule has 0 aromatic heterocycles. The van der Waals surface area contributed by atoms with Gasteiger partial charge in [0.05, 0.1) is 15.8 Å². The fourth-order valence-electron chi connectivity index (χ4n) is 4.61. The second-order valence-corrected chi connectivity index (χ2v) is 14.4. The highest BCUT2D eigenvalue weighted by atomic mass is 35.5. The predicted molar refractivity (Wildman–Crippen MR) is 157 cm³/mol. The number of hydrogen-bond donors (Lipinski definition) is 2. The smallest absolute Gasteiger partial charge is 0.251 e. The van der Waals surface area contributed by atoms with Crippen molar-refractivity contribution in [3.05, 3.63) is 94.5 Å². The molecule has 0 aliphatic carbocycles. The Balaban J connectivity index is 1.52. The maximum atomic E-state index is 13.7. The number of sulfone groups is 1. The Morgan fingerprint density at radius 2 is 1.56 bits per heavy atom. The lowest BCUT2D eigenvalue weighted by molar-refractivity contribution is -0.124. The second kappa shape index (κ2) is 12.7. The van der Waals surface area contributed by atoms with Crippen LogP contribution in [0.1, 0.15) is 53.7 Å². The van der Waals surface area contributed by atoms with Gasteiger partial charge in [-0.05, 0) is 85.8 Å². The zero-order valence-electron chi connectivity index (χ0n) is 22.7. The molecular weight excluding hydrogens is 586 g/mol. The monoisotopic (exact) mass is 617 g/mol. The minimum Gasteiger partial charge on any atom is -0.355 e. The van der Waals surface area contributed by atoms with Crippen molar-refractivity contribution in [1.82, 2.24) is 14.9 Å². The largest absolute Gasteiger partial charge is 0.355 e. The van der Waals surface area contributed by atoms with E-state index in [0.717, 1.165) is 18.2 Å². The van der Waals surface area contributed by atoms with E-state index in [2.05, 4.69) is 10.6 Å². The van der Waals surface area contributed by atoms with Crippen LogP contribution in [0.5, 0.6) is 0 Å². The molecule has 0 spiro atoms. The number of carbonyl (C=O) groups is 2. The summed E-state index contributed by atoms with van der Waals surface area (Å²) in [5, 5.41) is 6.10. The molecule has 1 unspecified atom stereocenters. The molecule has 2 amide bonds. The molecule has 2 N–H and O–H groups in total. The van der Waals surface area contributed by atoms with Gasteiger partial charge in [0.2, 0.25) is 15.9 Å². The molecule has 9 nitrogen and oxygen atoms in total. The zero-order chi connectivity index (χ0) is 29.8. The van der Waals surface area contributed by atoms with Crippen molar-refractivity contribution in [1.29, 1.82) is 0 Å². The van der Waals surface area contributed by atoms with Gasteiger partial charge in [0, 0.05) is 29.9 Å². The molecule has 1 saturated heterocycles.